The van der Waals surface area contributed by atoms with E-state index in [0.29, 0.717) is 5.69 Å². The van der Waals surface area contributed by atoms with E-state index in [1.807, 2.05) is 0 Å². The zero-order chi connectivity index (χ0) is 24.4. The van der Waals surface area contributed by atoms with Crippen molar-refractivity contribution < 1.29 is 39.3 Å². The summed E-state index contributed by atoms with van der Waals surface area (Å²) in [5.41, 5.74) is 6.39. The van der Waals surface area contributed by atoms with E-state index in [-0.39, 0.29) is 12.8 Å². The van der Waals surface area contributed by atoms with Crippen LogP contribution < -0.4 is 21.7 Å². The van der Waals surface area contributed by atoms with Crippen LogP contribution >= 0.6 is 0 Å². The van der Waals surface area contributed by atoms with Crippen LogP contribution in [0.25, 0.3) is 0 Å². The third-order valence-corrected chi connectivity index (χ3v) is 4.41. The fraction of sp³-hybridized carbons (Fsp3) is 0.556. The minimum absolute atomic E-state index is 0.103. The van der Waals surface area contributed by atoms with Gasteiger partial charge in [0.05, 0.1) is 18.5 Å². The Morgan fingerprint density at radius 1 is 1.06 bits per heavy atom. The molecule has 9 N–H and O–H groups in total. The Bertz CT molecular complexity index is 812. The van der Waals surface area contributed by atoms with Gasteiger partial charge in [0.1, 0.15) is 18.1 Å². The fourth-order valence-corrected chi connectivity index (χ4v) is 2.58. The van der Waals surface area contributed by atoms with E-state index in [1.54, 1.807) is 0 Å². The van der Waals surface area contributed by atoms with Gasteiger partial charge in [-0.1, -0.05) is 0 Å². The highest BCUT2D eigenvalue weighted by atomic mass is 16.4. The van der Waals surface area contributed by atoms with E-state index >= 15 is 0 Å². The highest BCUT2D eigenvalue weighted by Gasteiger charge is 2.31. The number of H-pyrrole nitrogens is 1. The number of carboxylic acid groups (broad SMARTS) is 2. The first kappa shape index (κ1) is 26.5. The molecule has 14 nitrogen and oxygen atoms in total. The molecule has 5 atom stereocenters. The molecule has 0 saturated carbocycles. The lowest BCUT2D eigenvalue weighted by atomic mass is 10.1. The average Bonchev–Trinajstić information content (AvgIpc) is 3.20. The van der Waals surface area contributed by atoms with Crippen LogP contribution in [0, 0.1) is 0 Å². The van der Waals surface area contributed by atoms with Crippen molar-refractivity contribution in [1.82, 2.24) is 25.9 Å². The number of carbonyl (C=O) groups is 5. The molecule has 5 unspecified atom stereocenters. The van der Waals surface area contributed by atoms with Crippen LogP contribution in [0.3, 0.4) is 0 Å². The second kappa shape index (κ2) is 12.4. The number of imidazole rings is 1. The lowest BCUT2D eigenvalue weighted by Gasteiger charge is -2.25. The first-order valence-electron chi connectivity index (χ1n) is 9.69. The number of carbonyl (C=O) groups excluding carboxylic acids is 3. The van der Waals surface area contributed by atoms with Crippen LogP contribution in [0.5, 0.6) is 0 Å². The minimum atomic E-state index is -1.47. The molecule has 3 amide bonds. The average molecular weight is 456 g/mol. The van der Waals surface area contributed by atoms with Crippen molar-refractivity contribution in [3.63, 3.8) is 0 Å². The summed E-state index contributed by atoms with van der Waals surface area (Å²) in [6.45, 7) is 2.51. The van der Waals surface area contributed by atoms with Gasteiger partial charge >= 0.3 is 11.9 Å². The van der Waals surface area contributed by atoms with Crippen LogP contribution in [0.4, 0.5) is 0 Å². The van der Waals surface area contributed by atoms with E-state index in [2.05, 4.69) is 25.9 Å². The van der Waals surface area contributed by atoms with Gasteiger partial charge in [-0.3, -0.25) is 19.2 Å². The molecule has 0 aliphatic rings. The van der Waals surface area contributed by atoms with Crippen LogP contribution in [0.15, 0.2) is 12.5 Å². The molecule has 1 heterocycles. The molecule has 0 spiro atoms. The number of carboxylic acids is 2. The van der Waals surface area contributed by atoms with Crippen molar-refractivity contribution in [1.29, 1.82) is 0 Å². The zero-order valence-corrected chi connectivity index (χ0v) is 17.6. The monoisotopic (exact) mass is 456 g/mol. The molecule has 1 rings (SSSR count). The standard InChI is InChI=1S/C18H28N6O8/c1-8(15(28)23-12(18(31)32)3-4-13(26)27)22-17(30)14(9(2)25)24-16(29)11(19)5-10-6-20-7-21-10/h6-9,11-12,14,25H,3-5,19H2,1-2H3,(H,20,21)(H,22,30)(H,23,28)(H,24,29)(H,26,27)(H,31,32). The van der Waals surface area contributed by atoms with Gasteiger partial charge < -0.3 is 42.0 Å². The molecule has 1 aromatic heterocycles. The van der Waals surface area contributed by atoms with E-state index in [0.717, 1.165) is 0 Å². The molecule has 0 aliphatic heterocycles. The molecule has 0 aromatic carbocycles. The molecule has 14 heteroatoms. The van der Waals surface area contributed by atoms with E-state index in [4.69, 9.17) is 15.9 Å². The normalized spacial score (nSPS) is 15.5. The summed E-state index contributed by atoms with van der Waals surface area (Å²) in [4.78, 5) is 65.4. The lowest BCUT2D eigenvalue weighted by molar-refractivity contribution is -0.143. The van der Waals surface area contributed by atoms with Gasteiger partial charge in [0.15, 0.2) is 0 Å². The summed E-state index contributed by atoms with van der Waals surface area (Å²) < 4.78 is 0. The van der Waals surface area contributed by atoms with E-state index < -0.39 is 66.4 Å². The summed E-state index contributed by atoms with van der Waals surface area (Å²) in [6, 6.07) is -5.19. The SMILES string of the molecule is CC(NC(=O)C(NC(=O)C(N)Cc1cnc[nH]1)C(C)O)C(=O)NC(CCC(=O)O)C(=O)O. The Kier molecular flexibility index (Phi) is 10.2. The predicted octanol–water partition coefficient (Wildman–Crippen LogP) is -2.92. The molecule has 0 saturated heterocycles. The van der Waals surface area contributed by atoms with Gasteiger partial charge in [-0.15, -0.1) is 0 Å². The van der Waals surface area contributed by atoms with Crippen molar-refractivity contribution in [2.75, 3.05) is 0 Å². The maximum absolute atomic E-state index is 12.5. The van der Waals surface area contributed by atoms with Crippen molar-refractivity contribution >= 4 is 29.7 Å². The molecule has 0 fully saturated rings. The summed E-state index contributed by atoms with van der Waals surface area (Å²) in [5, 5.41) is 34.4. The number of aliphatic hydroxyl groups excluding tert-OH is 1. The van der Waals surface area contributed by atoms with Gasteiger partial charge in [0, 0.05) is 24.7 Å². The number of hydrogen-bond donors (Lipinski definition) is 8. The second-order valence-electron chi connectivity index (χ2n) is 7.18. The van der Waals surface area contributed by atoms with Gasteiger partial charge in [-0.25, -0.2) is 9.78 Å². The number of hydrogen-bond acceptors (Lipinski definition) is 8. The first-order valence-corrected chi connectivity index (χ1v) is 9.69. The summed E-state index contributed by atoms with van der Waals surface area (Å²) in [7, 11) is 0. The minimum Gasteiger partial charge on any atom is -0.481 e. The third kappa shape index (κ3) is 8.69. The number of nitrogens with zero attached hydrogens (tertiary/aromatic N) is 1. The summed E-state index contributed by atoms with van der Waals surface area (Å²) >= 11 is 0. The van der Waals surface area contributed by atoms with Crippen molar-refractivity contribution in [2.24, 2.45) is 5.73 Å². The number of nitrogens with two attached hydrogens (primary N) is 1. The molecule has 0 bridgehead atoms. The van der Waals surface area contributed by atoms with E-state index in [9.17, 15) is 29.1 Å². The van der Waals surface area contributed by atoms with E-state index in [1.165, 1.54) is 26.4 Å². The third-order valence-electron chi connectivity index (χ3n) is 4.41. The summed E-state index contributed by atoms with van der Waals surface area (Å²) in [5.74, 6) is -5.17. The molecular weight excluding hydrogens is 428 g/mol. The molecule has 0 aliphatic carbocycles. The van der Waals surface area contributed by atoms with Crippen LogP contribution in [0.1, 0.15) is 32.4 Å². The lowest BCUT2D eigenvalue weighted by Crippen LogP contribution is -2.59. The van der Waals surface area contributed by atoms with Gasteiger partial charge in [0.2, 0.25) is 17.7 Å². The van der Waals surface area contributed by atoms with Crippen LogP contribution in [-0.4, -0.2) is 85.2 Å². The first-order chi connectivity index (χ1) is 14.9. The molecule has 1 aromatic rings. The molecule has 32 heavy (non-hydrogen) atoms. The highest BCUT2D eigenvalue weighted by molar-refractivity contribution is 5.94. The smallest absolute Gasteiger partial charge is 0.326 e. The predicted molar refractivity (Wildman–Crippen MR) is 108 cm³/mol. The fourth-order valence-electron chi connectivity index (χ4n) is 2.58. The van der Waals surface area contributed by atoms with Crippen LogP contribution in [-0.2, 0) is 30.4 Å². The van der Waals surface area contributed by atoms with Crippen molar-refractivity contribution in [3.8, 4) is 0 Å². The number of rotatable bonds is 13. The van der Waals surface area contributed by atoms with Gasteiger partial charge in [0.25, 0.3) is 0 Å². The second-order valence-corrected chi connectivity index (χ2v) is 7.18. The number of aliphatic carboxylic acids is 2. The Hall–Kier alpha value is -3.52. The largest absolute Gasteiger partial charge is 0.481 e. The molecule has 0 radical (unpaired) electrons. The Morgan fingerprint density at radius 2 is 1.72 bits per heavy atom. The number of aromatic nitrogens is 2. The Balaban J connectivity index is 2.69. The summed E-state index contributed by atoms with van der Waals surface area (Å²) in [6.07, 6.45) is 0.828. The maximum atomic E-state index is 12.5. The number of nitrogens with one attached hydrogen (secondary N) is 4. The number of amides is 3. The highest BCUT2D eigenvalue weighted by Crippen LogP contribution is 2.02. The Morgan fingerprint density at radius 3 is 2.22 bits per heavy atom. The molecule has 178 valence electrons. The number of aromatic amines is 1. The van der Waals surface area contributed by atoms with Crippen molar-refractivity contribution in [2.45, 2.75) is 63.4 Å². The zero-order valence-electron chi connectivity index (χ0n) is 17.6. The quantitative estimate of drug-likeness (QED) is 0.150. The number of aliphatic hydroxyl groups is 1. The maximum Gasteiger partial charge on any atom is 0.326 e. The van der Waals surface area contributed by atoms with Crippen molar-refractivity contribution in [3.05, 3.63) is 18.2 Å². The van der Waals surface area contributed by atoms with Gasteiger partial charge in [-0.2, -0.15) is 0 Å². The van der Waals surface area contributed by atoms with Crippen LogP contribution in [0.2, 0.25) is 0 Å². The Labute approximate surface area is 183 Å². The molecular formula is C18H28N6O8. The van der Waals surface area contributed by atoms with Gasteiger partial charge in [-0.05, 0) is 20.3 Å². The topological polar surface area (TPSA) is 237 Å².